The van der Waals surface area contributed by atoms with E-state index in [0.717, 1.165) is 0 Å². The first-order chi connectivity index (χ1) is 12.3. The van der Waals surface area contributed by atoms with Gasteiger partial charge in [-0.05, 0) is 36.4 Å². The van der Waals surface area contributed by atoms with Crippen molar-refractivity contribution in [2.75, 3.05) is 25.5 Å². The van der Waals surface area contributed by atoms with Crippen LogP contribution in [0.4, 0.5) is 5.69 Å². The van der Waals surface area contributed by atoms with E-state index in [2.05, 4.69) is 5.32 Å². The molecule has 0 aliphatic rings. The number of ether oxygens (including phenoxy) is 1. The van der Waals surface area contributed by atoms with Crippen LogP contribution in [0.3, 0.4) is 0 Å². The van der Waals surface area contributed by atoms with E-state index in [0.29, 0.717) is 24.4 Å². The number of nitrogens with one attached hydrogen (secondary N) is 1. The van der Waals surface area contributed by atoms with Gasteiger partial charge in [0.1, 0.15) is 11.5 Å². The van der Waals surface area contributed by atoms with Crippen LogP contribution < -0.4 is 10.1 Å². The Kier molecular flexibility index (Phi) is 6.23. The normalized spacial score (nSPS) is 11.4. The van der Waals surface area contributed by atoms with E-state index in [-0.39, 0.29) is 16.3 Å². The minimum atomic E-state index is -3.70. The molecule has 0 aliphatic carbocycles. The lowest BCUT2D eigenvalue weighted by atomic mass is 10.2. The predicted molar refractivity (Wildman–Crippen MR) is 99.2 cm³/mol. The van der Waals surface area contributed by atoms with Crippen molar-refractivity contribution in [1.82, 2.24) is 4.31 Å². The maximum atomic E-state index is 12.6. The Bertz CT molecular complexity index is 892. The Balaban J connectivity index is 2.34. The molecular weight excluding hydrogens is 356 g/mol. The molecule has 2 rings (SSSR count). The summed E-state index contributed by atoms with van der Waals surface area (Å²) in [7, 11) is -2.21. The van der Waals surface area contributed by atoms with Crippen molar-refractivity contribution in [3.05, 3.63) is 48.0 Å². The Morgan fingerprint density at radius 1 is 1.15 bits per heavy atom. The number of nitrogens with zero attached hydrogens (tertiary/aromatic N) is 1. The van der Waals surface area contributed by atoms with E-state index in [1.807, 2.05) is 0 Å². The van der Waals surface area contributed by atoms with Crippen LogP contribution in [-0.4, -0.2) is 43.9 Å². The standard InChI is InChI=1S/C18H22N2O5S/c1-4-20(5-2)26(23,24)15-9-10-17(21)16(12-15)19-18(22)13-7-6-8-14(11-13)25-3/h6-12,21H,4-5H2,1-3H3,(H,19,22). The van der Waals surface area contributed by atoms with Crippen molar-refractivity contribution < 1.29 is 23.1 Å². The zero-order valence-corrected chi connectivity index (χ0v) is 15.7. The van der Waals surface area contributed by atoms with E-state index < -0.39 is 15.9 Å². The topological polar surface area (TPSA) is 95.9 Å². The SMILES string of the molecule is CCN(CC)S(=O)(=O)c1ccc(O)c(NC(=O)c2cccc(OC)c2)c1. The summed E-state index contributed by atoms with van der Waals surface area (Å²) in [5.74, 6) is -0.198. The van der Waals surface area contributed by atoms with Crippen LogP contribution in [0, 0.1) is 0 Å². The molecule has 2 aromatic carbocycles. The number of hydrogen-bond acceptors (Lipinski definition) is 5. The smallest absolute Gasteiger partial charge is 0.255 e. The first-order valence-electron chi connectivity index (χ1n) is 8.12. The molecule has 0 unspecified atom stereocenters. The molecule has 0 aliphatic heterocycles. The van der Waals surface area contributed by atoms with Crippen LogP contribution in [0.5, 0.6) is 11.5 Å². The van der Waals surface area contributed by atoms with E-state index >= 15 is 0 Å². The zero-order valence-electron chi connectivity index (χ0n) is 14.9. The highest BCUT2D eigenvalue weighted by atomic mass is 32.2. The van der Waals surface area contributed by atoms with Gasteiger partial charge in [0.2, 0.25) is 10.0 Å². The first-order valence-corrected chi connectivity index (χ1v) is 9.56. The van der Waals surface area contributed by atoms with Gasteiger partial charge in [0.05, 0.1) is 17.7 Å². The van der Waals surface area contributed by atoms with Gasteiger partial charge >= 0.3 is 0 Å². The van der Waals surface area contributed by atoms with E-state index in [1.165, 1.54) is 29.6 Å². The van der Waals surface area contributed by atoms with Crippen LogP contribution >= 0.6 is 0 Å². The molecule has 26 heavy (non-hydrogen) atoms. The second kappa shape index (κ2) is 8.20. The summed E-state index contributed by atoms with van der Waals surface area (Å²) in [6.45, 7) is 4.14. The van der Waals surface area contributed by atoms with Crippen molar-refractivity contribution >= 4 is 21.6 Å². The molecule has 8 heteroatoms. The number of carbonyl (C=O) groups is 1. The largest absolute Gasteiger partial charge is 0.506 e. The number of hydrogen-bond donors (Lipinski definition) is 2. The van der Waals surface area contributed by atoms with Crippen LogP contribution in [0.15, 0.2) is 47.4 Å². The molecule has 0 heterocycles. The van der Waals surface area contributed by atoms with Crippen LogP contribution in [0.2, 0.25) is 0 Å². The Labute approximate surface area is 153 Å². The highest BCUT2D eigenvalue weighted by Crippen LogP contribution is 2.28. The molecule has 1 amide bonds. The van der Waals surface area contributed by atoms with Crippen LogP contribution in [-0.2, 0) is 10.0 Å². The van der Waals surface area contributed by atoms with Gasteiger partial charge in [-0.1, -0.05) is 19.9 Å². The highest BCUT2D eigenvalue weighted by Gasteiger charge is 2.23. The molecular formula is C18H22N2O5S. The summed E-state index contributed by atoms with van der Waals surface area (Å²) in [6.07, 6.45) is 0. The van der Waals surface area contributed by atoms with Gasteiger partial charge in [-0.15, -0.1) is 0 Å². The number of amides is 1. The molecule has 7 nitrogen and oxygen atoms in total. The number of benzene rings is 2. The number of phenols is 1. The minimum Gasteiger partial charge on any atom is -0.506 e. The summed E-state index contributed by atoms with van der Waals surface area (Å²) in [6, 6.07) is 10.3. The summed E-state index contributed by atoms with van der Waals surface area (Å²) in [4.78, 5) is 12.4. The number of carbonyl (C=O) groups excluding carboxylic acids is 1. The second-order valence-electron chi connectivity index (χ2n) is 5.45. The highest BCUT2D eigenvalue weighted by molar-refractivity contribution is 7.89. The average molecular weight is 378 g/mol. The van der Waals surface area contributed by atoms with Crippen molar-refractivity contribution in [2.24, 2.45) is 0 Å². The van der Waals surface area contributed by atoms with Crippen molar-refractivity contribution in [3.8, 4) is 11.5 Å². The number of aromatic hydroxyl groups is 1. The van der Waals surface area contributed by atoms with E-state index in [9.17, 15) is 18.3 Å². The third kappa shape index (κ3) is 4.14. The first kappa shape index (κ1) is 19.7. The number of methoxy groups -OCH3 is 1. The number of sulfonamides is 1. The third-order valence-electron chi connectivity index (χ3n) is 3.89. The van der Waals surface area contributed by atoms with Gasteiger partial charge < -0.3 is 15.2 Å². The fourth-order valence-electron chi connectivity index (χ4n) is 2.45. The Morgan fingerprint density at radius 3 is 2.46 bits per heavy atom. The van der Waals surface area contributed by atoms with Gasteiger partial charge in [0.15, 0.2) is 0 Å². The second-order valence-corrected chi connectivity index (χ2v) is 7.39. The van der Waals surface area contributed by atoms with Crippen LogP contribution in [0.25, 0.3) is 0 Å². The van der Waals surface area contributed by atoms with E-state index in [4.69, 9.17) is 4.74 Å². The molecule has 2 N–H and O–H groups in total. The predicted octanol–water partition coefficient (Wildman–Crippen LogP) is 2.68. The van der Waals surface area contributed by atoms with Crippen molar-refractivity contribution in [1.29, 1.82) is 0 Å². The Hall–Kier alpha value is -2.58. The molecule has 0 spiro atoms. The van der Waals surface area contributed by atoms with Gasteiger partial charge in [0.25, 0.3) is 5.91 Å². The molecule has 0 saturated carbocycles. The van der Waals surface area contributed by atoms with Gasteiger partial charge in [-0.25, -0.2) is 8.42 Å². The molecule has 0 bridgehead atoms. The Morgan fingerprint density at radius 2 is 1.85 bits per heavy atom. The monoisotopic (exact) mass is 378 g/mol. The van der Waals surface area contributed by atoms with Crippen molar-refractivity contribution in [3.63, 3.8) is 0 Å². The lowest BCUT2D eigenvalue weighted by molar-refractivity contribution is 0.102. The maximum absolute atomic E-state index is 12.6. The number of anilines is 1. The molecule has 2 aromatic rings. The van der Waals surface area contributed by atoms with Gasteiger partial charge in [0, 0.05) is 18.7 Å². The average Bonchev–Trinajstić information content (AvgIpc) is 2.64. The summed E-state index contributed by atoms with van der Waals surface area (Å²) >= 11 is 0. The van der Waals surface area contributed by atoms with Gasteiger partial charge in [-0.3, -0.25) is 4.79 Å². The number of phenolic OH excluding ortho intramolecular Hbond substituents is 1. The molecule has 0 radical (unpaired) electrons. The van der Waals surface area contributed by atoms with Crippen molar-refractivity contribution in [2.45, 2.75) is 18.7 Å². The third-order valence-corrected chi connectivity index (χ3v) is 5.94. The molecule has 0 atom stereocenters. The number of rotatable bonds is 7. The fourth-order valence-corrected chi connectivity index (χ4v) is 3.93. The summed E-state index contributed by atoms with van der Waals surface area (Å²) < 4.78 is 31.6. The maximum Gasteiger partial charge on any atom is 0.255 e. The van der Waals surface area contributed by atoms with Gasteiger partial charge in [-0.2, -0.15) is 4.31 Å². The molecule has 0 fully saturated rings. The lowest BCUT2D eigenvalue weighted by Crippen LogP contribution is -2.30. The minimum absolute atomic E-state index is 0.0000535. The lowest BCUT2D eigenvalue weighted by Gasteiger charge is -2.19. The zero-order chi connectivity index (χ0) is 19.3. The quantitative estimate of drug-likeness (QED) is 0.722. The summed E-state index contributed by atoms with van der Waals surface area (Å²) in [5, 5.41) is 12.5. The van der Waals surface area contributed by atoms with E-state index in [1.54, 1.807) is 38.1 Å². The molecule has 140 valence electrons. The fraction of sp³-hybridized carbons (Fsp3) is 0.278. The molecule has 0 aromatic heterocycles. The van der Waals surface area contributed by atoms with Crippen LogP contribution in [0.1, 0.15) is 24.2 Å². The molecule has 0 saturated heterocycles. The summed E-state index contributed by atoms with van der Waals surface area (Å²) in [5.41, 5.74) is 0.340.